The number of ether oxygens (including phenoxy) is 1. The van der Waals surface area contributed by atoms with E-state index in [-0.39, 0.29) is 0 Å². The smallest absolute Gasteiger partial charge is 0.376 e. The zero-order chi connectivity index (χ0) is 14.2. The predicted molar refractivity (Wildman–Crippen MR) is 65.8 cm³/mol. The van der Waals surface area contributed by atoms with Gasteiger partial charge in [-0.25, -0.2) is 9.97 Å². The third kappa shape index (κ3) is 2.51. The van der Waals surface area contributed by atoms with Gasteiger partial charge in [-0.3, -0.25) is 0 Å². The summed E-state index contributed by atoms with van der Waals surface area (Å²) in [6, 6.07) is 4.87. The number of halogens is 3. The van der Waals surface area contributed by atoms with Crippen LogP contribution in [-0.4, -0.2) is 16.6 Å². The van der Waals surface area contributed by atoms with Gasteiger partial charge < -0.3 is 4.74 Å². The number of nitrogens with zero attached hydrogens (tertiary/aromatic N) is 2. The lowest BCUT2D eigenvalue weighted by atomic mass is 10.1. The minimum Gasteiger partial charge on any atom is -0.376 e. The van der Waals surface area contributed by atoms with Gasteiger partial charge in [-0.15, -0.1) is 0 Å². The molecule has 6 heteroatoms. The van der Waals surface area contributed by atoms with Crippen LogP contribution in [0.5, 0.6) is 0 Å². The van der Waals surface area contributed by atoms with Gasteiger partial charge in [-0.05, 0) is 12.1 Å². The molecule has 1 aromatic carbocycles. The number of hydrogen-bond acceptors (Lipinski definition) is 3. The summed E-state index contributed by atoms with van der Waals surface area (Å²) in [5, 5.41) is 0. The molecule has 3 nitrogen and oxygen atoms in total. The van der Waals surface area contributed by atoms with Crippen LogP contribution in [0.1, 0.15) is 16.8 Å². The van der Waals surface area contributed by atoms with E-state index in [1.54, 1.807) is 6.20 Å². The Labute approximate surface area is 113 Å². The average molecular weight is 280 g/mol. The molecule has 0 radical (unpaired) electrons. The molecule has 0 aliphatic carbocycles. The van der Waals surface area contributed by atoms with Gasteiger partial charge in [0.05, 0.1) is 24.5 Å². The first-order valence-electron chi connectivity index (χ1n) is 6.14. The summed E-state index contributed by atoms with van der Waals surface area (Å²) >= 11 is 0. The van der Waals surface area contributed by atoms with E-state index in [9.17, 15) is 13.2 Å². The molecule has 1 aromatic heterocycles. The predicted octanol–water partition coefficient (Wildman–Crippen LogP) is 3.24. The average Bonchev–Trinajstić information content (AvgIpc) is 2.46. The standard InChI is InChI=1S/C14H11F3N2O/c15-14(16,17)11-3-1-9(2-4-11)13-18-7-10-8-20-6-5-12(10)19-13/h1-4,7H,5-6,8H2. The van der Waals surface area contributed by atoms with Crippen LogP contribution in [0.4, 0.5) is 13.2 Å². The lowest BCUT2D eigenvalue weighted by Crippen LogP contribution is -2.13. The first-order chi connectivity index (χ1) is 9.54. The van der Waals surface area contributed by atoms with Crippen molar-refractivity contribution in [1.29, 1.82) is 0 Å². The second-order valence-electron chi connectivity index (χ2n) is 4.54. The Bertz CT molecular complexity index is 623. The van der Waals surface area contributed by atoms with Crippen molar-refractivity contribution >= 4 is 0 Å². The van der Waals surface area contributed by atoms with Crippen molar-refractivity contribution < 1.29 is 17.9 Å². The van der Waals surface area contributed by atoms with Gasteiger partial charge >= 0.3 is 6.18 Å². The number of aromatic nitrogens is 2. The molecule has 3 rings (SSSR count). The molecule has 0 bridgehead atoms. The fourth-order valence-corrected chi connectivity index (χ4v) is 2.08. The van der Waals surface area contributed by atoms with Crippen molar-refractivity contribution in [3.8, 4) is 11.4 Å². The molecule has 2 aromatic rings. The highest BCUT2D eigenvalue weighted by molar-refractivity contribution is 5.56. The van der Waals surface area contributed by atoms with E-state index in [0.29, 0.717) is 31.0 Å². The van der Waals surface area contributed by atoms with Crippen LogP contribution in [-0.2, 0) is 23.9 Å². The monoisotopic (exact) mass is 280 g/mol. The Morgan fingerprint density at radius 1 is 1.10 bits per heavy atom. The molecule has 0 saturated heterocycles. The molecule has 0 amide bonds. The molecule has 20 heavy (non-hydrogen) atoms. The highest BCUT2D eigenvalue weighted by atomic mass is 19.4. The second-order valence-corrected chi connectivity index (χ2v) is 4.54. The minimum atomic E-state index is -4.33. The normalized spacial score (nSPS) is 14.9. The summed E-state index contributed by atoms with van der Waals surface area (Å²) in [5.74, 6) is 0.444. The van der Waals surface area contributed by atoms with Crippen molar-refractivity contribution in [2.75, 3.05) is 6.61 Å². The van der Waals surface area contributed by atoms with Crippen LogP contribution in [0.25, 0.3) is 11.4 Å². The van der Waals surface area contributed by atoms with Gasteiger partial charge in [-0.2, -0.15) is 13.2 Å². The summed E-state index contributed by atoms with van der Waals surface area (Å²) in [6.45, 7) is 1.10. The maximum absolute atomic E-state index is 12.5. The first kappa shape index (κ1) is 13.1. The van der Waals surface area contributed by atoms with Gasteiger partial charge in [0.25, 0.3) is 0 Å². The molecule has 1 aliphatic rings. The highest BCUT2D eigenvalue weighted by Gasteiger charge is 2.30. The Morgan fingerprint density at radius 3 is 2.55 bits per heavy atom. The quantitative estimate of drug-likeness (QED) is 0.804. The minimum absolute atomic E-state index is 0.444. The summed E-state index contributed by atoms with van der Waals surface area (Å²) in [5.41, 5.74) is 1.74. The van der Waals surface area contributed by atoms with Crippen LogP contribution in [0.15, 0.2) is 30.5 Å². The summed E-state index contributed by atoms with van der Waals surface area (Å²) in [6.07, 6.45) is -1.95. The number of benzene rings is 1. The fraction of sp³-hybridized carbons (Fsp3) is 0.286. The molecule has 104 valence electrons. The summed E-state index contributed by atoms with van der Waals surface area (Å²) < 4.78 is 42.8. The van der Waals surface area contributed by atoms with Gasteiger partial charge in [0.1, 0.15) is 0 Å². The van der Waals surface area contributed by atoms with Crippen molar-refractivity contribution in [3.05, 3.63) is 47.3 Å². The maximum atomic E-state index is 12.5. The highest BCUT2D eigenvalue weighted by Crippen LogP contribution is 2.30. The maximum Gasteiger partial charge on any atom is 0.416 e. The third-order valence-corrected chi connectivity index (χ3v) is 3.17. The number of hydrogen-bond donors (Lipinski definition) is 0. The SMILES string of the molecule is FC(F)(F)c1ccc(-c2ncc3c(n2)CCOC3)cc1. The van der Waals surface area contributed by atoms with Crippen LogP contribution in [0, 0.1) is 0 Å². The summed E-state index contributed by atoms with van der Waals surface area (Å²) in [4.78, 5) is 8.58. The molecule has 2 heterocycles. The van der Waals surface area contributed by atoms with E-state index < -0.39 is 11.7 Å². The lowest BCUT2D eigenvalue weighted by Gasteiger charge is -2.15. The van der Waals surface area contributed by atoms with Gasteiger partial charge in [0.15, 0.2) is 5.82 Å². The molecule has 0 spiro atoms. The van der Waals surface area contributed by atoms with Crippen molar-refractivity contribution in [2.24, 2.45) is 0 Å². The first-order valence-corrected chi connectivity index (χ1v) is 6.14. The zero-order valence-corrected chi connectivity index (χ0v) is 10.4. The third-order valence-electron chi connectivity index (χ3n) is 3.17. The molecule has 0 unspecified atom stereocenters. The molecule has 0 saturated carbocycles. The molecule has 1 aliphatic heterocycles. The van der Waals surface area contributed by atoms with E-state index >= 15 is 0 Å². The molecular formula is C14H11F3N2O. The van der Waals surface area contributed by atoms with E-state index in [0.717, 1.165) is 23.4 Å². The van der Waals surface area contributed by atoms with E-state index in [1.165, 1.54) is 12.1 Å². The lowest BCUT2D eigenvalue weighted by molar-refractivity contribution is -0.137. The van der Waals surface area contributed by atoms with Crippen molar-refractivity contribution in [3.63, 3.8) is 0 Å². The van der Waals surface area contributed by atoms with E-state index in [1.807, 2.05) is 0 Å². The number of rotatable bonds is 1. The molecular weight excluding hydrogens is 269 g/mol. The van der Waals surface area contributed by atoms with Crippen LogP contribution >= 0.6 is 0 Å². The van der Waals surface area contributed by atoms with Crippen molar-refractivity contribution in [1.82, 2.24) is 9.97 Å². The van der Waals surface area contributed by atoms with Gasteiger partial charge in [0.2, 0.25) is 0 Å². The summed E-state index contributed by atoms with van der Waals surface area (Å²) in [7, 11) is 0. The zero-order valence-electron chi connectivity index (χ0n) is 10.4. The van der Waals surface area contributed by atoms with Crippen molar-refractivity contribution in [2.45, 2.75) is 19.2 Å². The Kier molecular flexibility index (Phi) is 3.17. The van der Waals surface area contributed by atoms with E-state index in [2.05, 4.69) is 9.97 Å². The Balaban J connectivity index is 1.93. The number of alkyl halides is 3. The fourth-order valence-electron chi connectivity index (χ4n) is 2.08. The Hall–Kier alpha value is -1.95. The molecule has 0 atom stereocenters. The Morgan fingerprint density at radius 2 is 1.85 bits per heavy atom. The van der Waals surface area contributed by atoms with E-state index in [4.69, 9.17) is 4.74 Å². The van der Waals surface area contributed by atoms with Gasteiger partial charge in [0, 0.05) is 23.7 Å². The largest absolute Gasteiger partial charge is 0.416 e. The molecule has 0 fully saturated rings. The topological polar surface area (TPSA) is 35.0 Å². The second kappa shape index (κ2) is 4.86. The number of fused-ring (bicyclic) bond motifs is 1. The van der Waals surface area contributed by atoms with Crippen LogP contribution in [0.2, 0.25) is 0 Å². The van der Waals surface area contributed by atoms with Gasteiger partial charge in [-0.1, -0.05) is 12.1 Å². The van der Waals surface area contributed by atoms with Crippen LogP contribution in [0.3, 0.4) is 0 Å². The van der Waals surface area contributed by atoms with Crippen LogP contribution < -0.4 is 0 Å². The molecule has 0 N–H and O–H groups in total.